The van der Waals surface area contributed by atoms with Gasteiger partial charge in [-0.15, -0.1) is 11.3 Å². The van der Waals surface area contributed by atoms with Crippen LogP contribution in [0.15, 0.2) is 17.5 Å². The van der Waals surface area contributed by atoms with Crippen LogP contribution in [0.1, 0.15) is 43.4 Å². The molecule has 1 heterocycles. The van der Waals surface area contributed by atoms with Crippen LogP contribution in [-0.4, -0.2) is 0 Å². The molecule has 1 aromatic heterocycles. The van der Waals surface area contributed by atoms with Crippen LogP contribution >= 0.6 is 11.3 Å². The maximum Gasteiger partial charge on any atom is 0.00761 e. The smallest absolute Gasteiger partial charge is 0.00761 e. The van der Waals surface area contributed by atoms with Crippen LogP contribution in [0.4, 0.5) is 0 Å². The lowest BCUT2D eigenvalue weighted by atomic mass is 9.82. The Bertz CT molecular complexity index is 217. The molecule has 0 radical (unpaired) electrons. The fraction of sp³-hybridized carbons (Fsp3) is 0.636. The fourth-order valence-electron chi connectivity index (χ4n) is 2.07. The third kappa shape index (κ3) is 1.71. The minimum atomic E-state index is 0.890. The van der Waals surface area contributed by atoms with Gasteiger partial charge in [0.25, 0.3) is 0 Å². The zero-order valence-corrected chi connectivity index (χ0v) is 8.44. The zero-order valence-electron chi connectivity index (χ0n) is 7.62. The Morgan fingerprint density at radius 2 is 2.00 bits per heavy atom. The van der Waals surface area contributed by atoms with Gasteiger partial charge in [-0.2, -0.15) is 0 Å². The first kappa shape index (κ1) is 8.31. The van der Waals surface area contributed by atoms with Gasteiger partial charge < -0.3 is 0 Å². The van der Waals surface area contributed by atoms with Gasteiger partial charge in [0, 0.05) is 4.88 Å². The van der Waals surface area contributed by atoms with E-state index in [0.29, 0.717) is 0 Å². The first-order valence-electron chi connectivity index (χ1n) is 4.89. The summed E-state index contributed by atoms with van der Waals surface area (Å²) in [4.78, 5) is 1.61. The average Bonchev–Trinajstić information content (AvgIpc) is 2.58. The van der Waals surface area contributed by atoms with E-state index in [0.717, 1.165) is 11.8 Å². The van der Waals surface area contributed by atoms with E-state index in [1.54, 1.807) is 4.88 Å². The highest BCUT2D eigenvalue weighted by Crippen LogP contribution is 2.37. The van der Waals surface area contributed by atoms with E-state index in [1.807, 2.05) is 11.3 Å². The van der Waals surface area contributed by atoms with Crippen molar-refractivity contribution in [2.75, 3.05) is 0 Å². The van der Waals surface area contributed by atoms with Crippen molar-refractivity contribution < 1.29 is 0 Å². The fourth-order valence-corrected chi connectivity index (χ4v) is 2.97. The van der Waals surface area contributed by atoms with Crippen molar-refractivity contribution in [1.82, 2.24) is 0 Å². The van der Waals surface area contributed by atoms with Gasteiger partial charge in [-0.1, -0.05) is 25.8 Å². The topological polar surface area (TPSA) is 0 Å². The summed E-state index contributed by atoms with van der Waals surface area (Å²) in [6.07, 6.45) is 5.70. The second-order valence-corrected chi connectivity index (χ2v) is 4.95. The summed E-state index contributed by atoms with van der Waals surface area (Å²) in [5.74, 6) is 1.86. The van der Waals surface area contributed by atoms with Crippen LogP contribution in [0.5, 0.6) is 0 Å². The normalized spacial score (nSPS) is 30.4. The molecule has 1 aromatic rings. The second-order valence-electron chi connectivity index (χ2n) is 3.97. The summed E-state index contributed by atoms with van der Waals surface area (Å²) < 4.78 is 0. The first-order chi connectivity index (χ1) is 5.86. The molecule has 1 aliphatic carbocycles. The molecule has 0 spiro atoms. The number of hydrogen-bond acceptors (Lipinski definition) is 1. The number of hydrogen-bond donors (Lipinski definition) is 0. The Balaban J connectivity index is 1.99. The molecule has 0 amide bonds. The van der Waals surface area contributed by atoms with Crippen LogP contribution in [-0.2, 0) is 0 Å². The quantitative estimate of drug-likeness (QED) is 0.612. The van der Waals surface area contributed by atoms with Crippen LogP contribution in [0.3, 0.4) is 0 Å². The van der Waals surface area contributed by atoms with E-state index in [9.17, 15) is 0 Å². The van der Waals surface area contributed by atoms with Crippen molar-refractivity contribution in [3.8, 4) is 0 Å². The Labute approximate surface area is 78.6 Å². The zero-order chi connectivity index (χ0) is 8.39. The molecular weight excluding hydrogens is 164 g/mol. The predicted octanol–water partition coefficient (Wildman–Crippen LogP) is 4.04. The van der Waals surface area contributed by atoms with Crippen LogP contribution in [0.25, 0.3) is 0 Å². The molecule has 1 fully saturated rings. The highest BCUT2D eigenvalue weighted by Gasteiger charge is 2.19. The van der Waals surface area contributed by atoms with E-state index in [-0.39, 0.29) is 0 Å². The van der Waals surface area contributed by atoms with Gasteiger partial charge in [0.2, 0.25) is 0 Å². The largest absolute Gasteiger partial charge is 0.149 e. The van der Waals surface area contributed by atoms with Crippen LogP contribution in [0.2, 0.25) is 0 Å². The molecule has 0 bridgehead atoms. The lowest BCUT2D eigenvalue weighted by molar-refractivity contribution is 0.350. The molecule has 66 valence electrons. The molecule has 12 heavy (non-hydrogen) atoms. The van der Waals surface area contributed by atoms with Gasteiger partial charge in [0.1, 0.15) is 0 Å². The van der Waals surface area contributed by atoms with Gasteiger partial charge in [-0.3, -0.25) is 0 Å². The van der Waals surface area contributed by atoms with Crippen molar-refractivity contribution in [3.05, 3.63) is 22.4 Å². The maximum atomic E-state index is 2.38. The summed E-state index contributed by atoms with van der Waals surface area (Å²) >= 11 is 1.93. The van der Waals surface area contributed by atoms with E-state index < -0.39 is 0 Å². The van der Waals surface area contributed by atoms with E-state index in [1.165, 1.54) is 25.7 Å². The molecule has 0 nitrogen and oxygen atoms in total. The Hall–Kier alpha value is -0.300. The van der Waals surface area contributed by atoms with Crippen LogP contribution < -0.4 is 0 Å². The van der Waals surface area contributed by atoms with Gasteiger partial charge in [0.05, 0.1) is 0 Å². The van der Waals surface area contributed by atoms with Crippen molar-refractivity contribution in [3.63, 3.8) is 0 Å². The lowest BCUT2D eigenvalue weighted by Crippen LogP contribution is -2.09. The Morgan fingerprint density at radius 1 is 1.25 bits per heavy atom. The van der Waals surface area contributed by atoms with Crippen molar-refractivity contribution in [2.24, 2.45) is 5.92 Å². The van der Waals surface area contributed by atoms with E-state index in [2.05, 4.69) is 24.4 Å². The summed E-state index contributed by atoms with van der Waals surface area (Å²) in [7, 11) is 0. The molecule has 0 N–H and O–H groups in total. The summed E-state index contributed by atoms with van der Waals surface area (Å²) in [6, 6.07) is 4.48. The molecule has 0 aliphatic heterocycles. The highest BCUT2D eigenvalue weighted by molar-refractivity contribution is 7.10. The minimum absolute atomic E-state index is 0.890. The molecule has 1 saturated carbocycles. The molecule has 1 heteroatoms. The summed E-state index contributed by atoms with van der Waals surface area (Å²) in [5.41, 5.74) is 0. The van der Waals surface area contributed by atoms with E-state index >= 15 is 0 Å². The molecular formula is C11H16S. The Morgan fingerprint density at radius 3 is 2.58 bits per heavy atom. The van der Waals surface area contributed by atoms with Crippen molar-refractivity contribution >= 4 is 11.3 Å². The van der Waals surface area contributed by atoms with Crippen molar-refractivity contribution in [2.45, 2.75) is 38.5 Å². The highest BCUT2D eigenvalue weighted by atomic mass is 32.1. The Kier molecular flexibility index (Phi) is 2.50. The summed E-state index contributed by atoms with van der Waals surface area (Å²) in [5, 5.41) is 2.20. The molecule has 0 unspecified atom stereocenters. The second kappa shape index (κ2) is 3.61. The maximum absolute atomic E-state index is 2.38. The first-order valence-corrected chi connectivity index (χ1v) is 5.77. The summed E-state index contributed by atoms with van der Waals surface area (Å²) in [6.45, 7) is 2.38. The predicted molar refractivity (Wildman–Crippen MR) is 54.7 cm³/mol. The molecule has 0 atom stereocenters. The average molecular weight is 180 g/mol. The third-order valence-electron chi connectivity index (χ3n) is 2.96. The van der Waals surface area contributed by atoms with Gasteiger partial charge in [0.15, 0.2) is 0 Å². The molecule has 0 saturated heterocycles. The van der Waals surface area contributed by atoms with E-state index in [4.69, 9.17) is 0 Å². The molecule has 1 aliphatic rings. The number of thiophene rings is 1. The van der Waals surface area contributed by atoms with Gasteiger partial charge in [-0.05, 0) is 36.1 Å². The molecule has 2 rings (SSSR count). The van der Waals surface area contributed by atoms with Crippen LogP contribution in [0, 0.1) is 5.92 Å². The minimum Gasteiger partial charge on any atom is -0.149 e. The van der Waals surface area contributed by atoms with Gasteiger partial charge in [-0.25, -0.2) is 0 Å². The standard InChI is InChI=1S/C11H16S/c1-9-4-6-10(7-5-9)11-3-2-8-12-11/h2-3,8-10H,4-7H2,1H3. The van der Waals surface area contributed by atoms with Gasteiger partial charge >= 0.3 is 0 Å². The third-order valence-corrected chi connectivity index (χ3v) is 4.00. The lowest BCUT2D eigenvalue weighted by Gasteiger charge is -2.25. The monoisotopic (exact) mass is 180 g/mol. The number of rotatable bonds is 1. The SMILES string of the molecule is CC1CCC(c2cccs2)CC1. The molecule has 0 aromatic carbocycles. The van der Waals surface area contributed by atoms with Crippen molar-refractivity contribution in [1.29, 1.82) is 0 Å².